The fourth-order valence-corrected chi connectivity index (χ4v) is 2.43. The molecule has 0 amide bonds. The summed E-state index contributed by atoms with van der Waals surface area (Å²) in [6.07, 6.45) is 0.00671. The van der Waals surface area contributed by atoms with Crippen molar-refractivity contribution in [3.05, 3.63) is 67.9 Å². The largest absolute Gasteiger partial charge is 0.294 e. The van der Waals surface area contributed by atoms with E-state index < -0.39 is 5.82 Å². The Morgan fingerprint density at radius 3 is 2.58 bits per heavy atom. The lowest BCUT2D eigenvalue weighted by Crippen LogP contribution is -2.07. The van der Waals surface area contributed by atoms with E-state index >= 15 is 0 Å². The first-order chi connectivity index (χ1) is 9.00. The van der Waals surface area contributed by atoms with Gasteiger partial charge < -0.3 is 0 Å². The van der Waals surface area contributed by atoms with Gasteiger partial charge in [-0.3, -0.25) is 4.79 Å². The van der Waals surface area contributed by atoms with Gasteiger partial charge in [0.15, 0.2) is 5.78 Å². The Labute approximate surface area is 128 Å². The maximum absolute atomic E-state index is 13.8. The van der Waals surface area contributed by atoms with Crippen molar-refractivity contribution < 1.29 is 9.18 Å². The topological polar surface area (TPSA) is 17.1 Å². The lowest BCUT2D eigenvalue weighted by Gasteiger charge is -2.06. The number of halogens is 4. The predicted octanol–water partition coefficient (Wildman–Crippen LogP) is 5.32. The fraction of sp³-hybridized carbons (Fsp3) is 0.0714. The maximum atomic E-state index is 13.8. The van der Waals surface area contributed by atoms with Gasteiger partial charge in [-0.05, 0) is 39.7 Å². The third kappa shape index (κ3) is 3.16. The van der Waals surface area contributed by atoms with Gasteiger partial charge in [0.05, 0.1) is 20.1 Å². The van der Waals surface area contributed by atoms with Crippen molar-refractivity contribution in [3.63, 3.8) is 0 Å². The van der Waals surface area contributed by atoms with Crippen LogP contribution in [0.2, 0.25) is 10.0 Å². The number of carbonyl (C=O) groups is 1. The molecule has 2 rings (SSSR count). The van der Waals surface area contributed by atoms with Crippen molar-refractivity contribution in [2.45, 2.75) is 6.42 Å². The molecule has 98 valence electrons. The summed E-state index contributed by atoms with van der Waals surface area (Å²) in [6, 6.07) is 9.63. The number of benzene rings is 2. The minimum atomic E-state index is -0.564. The molecular weight excluding hydrogens is 354 g/mol. The van der Waals surface area contributed by atoms with Crippen molar-refractivity contribution >= 4 is 44.9 Å². The number of hydrogen-bond acceptors (Lipinski definition) is 1. The normalized spacial score (nSPS) is 10.5. The Bertz CT molecular complexity index is 643. The molecule has 0 aliphatic rings. The van der Waals surface area contributed by atoms with Crippen LogP contribution in [0, 0.1) is 5.82 Å². The predicted molar refractivity (Wildman–Crippen MR) is 78.6 cm³/mol. The van der Waals surface area contributed by atoms with Crippen LogP contribution in [0.4, 0.5) is 4.39 Å². The second kappa shape index (κ2) is 6.04. The maximum Gasteiger partial charge on any atom is 0.170 e. The quantitative estimate of drug-likeness (QED) is 0.676. The fourth-order valence-electron chi connectivity index (χ4n) is 1.67. The molecule has 0 radical (unpaired) electrons. The number of rotatable bonds is 3. The molecular formula is C14H8BrCl2FO. The highest BCUT2D eigenvalue weighted by Crippen LogP contribution is 2.27. The third-order valence-corrected chi connectivity index (χ3v) is 4.11. The van der Waals surface area contributed by atoms with Crippen LogP contribution in [0.3, 0.4) is 0 Å². The van der Waals surface area contributed by atoms with E-state index in [1.807, 2.05) is 0 Å². The Kier molecular flexibility index (Phi) is 4.61. The molecule has 0 aliphatic carbocycles. The lowest BCUT2D eigenvalue weighted by atomic mass is 10.0. The summed E-state index contributed by atoms with van der Waals surface area (Å²) in [5.74, 6) is -0.909. The lowest BCUT2D eigenvalue weighted by molar-refractivity contribution is 0.0989. The van der Waals surface area contributed by atoms with Gasteiger partial charge in [-0.1, -0.05) is 41.4 Å². The molecule has 5 heteroatoms. The van der Waals surface area contributed by atoms with Crippen LogP contribution in [0.5, 0.6) is 0 Å². The summed E-state index contributed by atoms with van der Waals surface area (Å²) >= 11 is 14.9. The van der Waals surface area contributed by atoms with E-state index in [1.165, 1.54) is 6.07 Å². The molecule has 2 aromatic rings. The van der Waals surface area contributed by atoms with Gasteiger partial charge in [-0.25, -0.2) is 4.39 Å². The summed E-state index contributed by atoms with van der Waals surface area (Å²) in [4.78, 5) is 12.1. The molecule has 1 nitrogen and oxygen atoms in total. The SMILES string of the molecule is O=C(Cc1cccc(Cl)c1Cl)c1cccc(Br)c1F. The van der Waals surface area contributed by atoms with E-state index in [0.717, 1.165) is 0 Å². The van der Waals surface area contributed by atoms with Gasteiger partial charge in [0.25, 0.3) is 0 Å². The molecule has 0 saturated carbocycles. The highest BCUT2D eigenvalue weighted by Gasteiger charge is 2.16. The molecule has 0 atom stereocenters. The van der Waals surface area contributed by atoms with E-state index in [4.69, 9.17) is 23.2 Å². The first kappa shape index (κ1) is 14.5. The van der Waals surface area contributed by atoms with Crippen LogP contribution in [0.25, 0.3) is 0 Å². The average Bonchev–Trinajstić information content (AvgIpc) is 2.38. The summed E-state index contributed by atoms with van der Waals surface area (Å²) in [5.41, 5.74) is 0.615. The van der Waals surface area contributed by atoms with Crippen molar-refractivity contribution in [3.8, 4) is 0 Å². The van der Waals surface area contributed by atoms with E-state index in [2.05, 4.69) is 15.9 Å². The monoisotopic (exact) mass is 360 g/mol. The zero-order valence-electron chi connectivity index (χ0n) is 9.59. The zero-order valence-corrected chi connectivity index (χ0v) is 12.7. The van der Waals surface area contributed by atoms with Crippen molar-refractivity contribution in [1.29, 1.82) is 0 Å². The summed E-state index contributed by atoms with van der Waals surface area (Å²) in [6.45, 7) is 0. The molecule has 0 saturated heterocycles. The van der Waals surface area contributed by atoms with Gasteiger partial charge in [0.1, 0.15) is 5.82 Å². The van der Waals surface area contributed by atoms with Crippen LogP contribution in [0.15, 0.2) is 40.9 Å². The first-order valence-corrected chi connectivity index (χ1v) is 6.95. The summed E-state index contributed by atoms with van der Waals surface area (Å²) < 4.78 is 14.1. The highest BCUT2D eigenvalue weighted by molar-refractivity contribution is 9.10. The molecule has 0 aliphatic heterocycles. The molecule has 19 heavy (non-hydrogen) atoms. The third-order valence-electron chi connectivity index (χ3n) is 2.63. The van der Waals surface area contributed by atoms with Crippen molar-refractivity contribution in [2.75, 3.05) is 0 Å². The second-order valence-electron chi connectivity index (χ2n) is 3.91. The van der Waals surface area contributed by atoms with Crippen molar-refractivity contribution in [2.24, 2.45) is 0 Å². The molecule has 0 unspecified atom stereocenters. The molecule has 0 bridgehead atoms. The summed E-state index contributed by atoms with van der Waals surface area (Å²) in [7, 11) is 0. The molecule has 0 spiro atoms. The molecule has 0 aromatic heterocycles. The molecule has 0 heterocycles. The smallest absolute Gasteiger partial charge is 0.170 e. The second-order valence-corrected chi connectivity index (χ2v) is 5.55. The van der Waals surface area contributed by atoms with Crippen LogP contribution in [0.1, 0.15) is 15.9 Å². The minimum absolute atomic E-state index is 0.00671. The van der Waals surface area contributed by atoms with Crippen LogP contribution >= 0.6 is 39.1 Å². The van der Waals surface area contributed by atoms with Crippen LogP contribution in [-0.4, -0.2) is 5.78 Å². The van der Waals surface area contributed by atoms with Crippen LogP contribution in [-0.2, 0) is 6.42 Å². The zero-order chi connectivity index (χ0) is 14.0. The van der Waals surface area contributed by atoms with Gasteiger partial charge in [-0.2, -0.15) is 0 Å². The van der Waals surface area contributed by atoms with Crippen molar-refractivity contribution in [1.82, 2.24) is 0 Å². The Hall–Kier alpha value is -0.900. The number of ketones is 1. The molecule has 0 fully saturated rings. The van der Waals surface area contributed by atoms with E-state index in [0.29, 0.717) is 15.6 Å². The Balaban J connectivity index is 2.31. The van der Waals surface area contributed by atoms with Gasteiger partial charge >= 0.3 is 0 Å². The Morgan fingerprint density at radius 2 is 1.84 bits per heavy atom. The van der Waals surface area contributed by atoms with Gasteiger partial charge in [0.2, 0.25) is 0 Å². The average molecular weight is 362 g/mol. The standard InChI is InChI=1S/C14H8BrCl2FO/c15-10-5-2-4-9(14(10)18)12(19)7-8-3-1-6-11(16)13(8)17/h1-6H,7H2. The van der Waals surface area contributed by atoms with Crippen LogP contribution < -0.4 is 0 Å². The first-order valence-electron chi connectivity index (χ1n) is 5.41. The number of carbonyl (C=O) groups excluding carboxylic acids is 1. The number of Topliss-reactive ketones (excluding diaryl/α,β-unsaturated/α-hetero) is 1. The van der Waals surface area contributed by atoms with Gasteiger partial charge in [0, 0.05) is 6.42 Å². The summed E-state index contributed by atoms with van der Waals surface area (Å²) in [5, 5.41) is 0.703. The highest BCUT2D eigenvalue weighted by atomic mass is 79.9. The number of hydrogen-bond donors (Lipinski definition) is 0. The minimum Gasteiger partial charge on any atom is -0.294 e. The molecule has 2 aromatic carbocycles. The van der Waals surface area contributed by atoms with E-state index in [1.54, 1.807) is 30.3 Å². The van der Waals surface area contributed by atoms with E-state index in [9.17, 15) is 9.18 Å². The van der Waals surface area contributed by atoms with E-state index in [-0.39, 0.29) is 22.2 Å². The van der Waals surface area contributed by atoms with Gasteiger partial charge in [-0.15, -0.1) is 0 Å². The Morgan fingerprint density at radius 1 is 1.16 bits per heavy atom. The molecule has 0 N–H and O–H groups in total.